The van der Waals surface area contributed by atoms with Crippen molar-refractivity contribution < 1.29 is 19.4 Å². The topological polar surface area (TPSA) is 75.6 Å². The van der Waals surface area contributed by atoms with E-state index in [1.54, 1.807) is 37.5 Å². The van der Waals surface area contributed by atoms with Gasteiger partial charge in [-0.05, 0) is 36.3 Å². The number of aliphatic hydroxyl groups is 1. The Hall–Kier alpha value is -2.92. The second-order valence-corrected chi connectivity index (χ2v) is 6.07. The lowest BCUT2D eigenvalue weighted by atomic mass is 9.90. The van der Waals surface area contributed by atoms with Gasteiger partial charge in [0.05, 0.1) is 13.5 Å². The van der Waals surface area contributed by atoms with Crippen LogP contribution in [0.1, 0.15) is 23.1 Å². The number of ether oxygens (including phenoxy) is 1. The molecule has 1 atom stereocenters. The van der Waals surface area contributed by atoms with Crippen molar-refractivity contribution in [1.29, 1.82) is 0 Å². The van der Waals surface area contributed by atoms with Crippen LogP contribution in [0.15, 0.2) is 48.5 Å². The van der Waals surface area contributed by atoms with Gasteiger partial charge in [0.15, 0.2) is 11.4 Å². The fraction of sp³-hybridized carbons (Fsp3) is 0.200. The number of hydrogen-bond acceptors (Lipinski definition) is 4. The first-order valence-electron chi connectivity index (χ1n) is 7.93. The second-order valence-electron chi connectivity index (χ2n) is 6.07. The number of para-hydroxylation sites is 1. The lowest BCUT2D eigenvalue weighted by Gasteiger charge is -2.19. The van der Waals surface area contributed by atoms with Gasteiger partial charge >= 0.3 is 0 Å². The number of hydrogen-bond donors (Lipinski definition) is 2. The molecule has 3 rings (SSSR count). The van der Waals surface area contributed by atoms with E-state index in [1.807, 2.05) is 25.1 Å². The molecule has 25 heavy (non-hydrogen) atoms. The molecule has 0 radical (unpaired) electrons. The van der Waals surface area contributed by atoms with Crippen LogP contribution in [0.25, 0.3) is 6.08 Å². The number of allylic oxidation sites excluding steroid dienone is 1. The minimum atomic E-state index is -1.83. The summed E-state index contributed by atoms with van der Waals surface area (Å²) in [6, 6.07) is 12.4. The van der Waals surface area contributed by atoms with Crippen LogP contribution in [0, 0.1) is 6.92 Å². The molecule has 2 aromatic carbocycles. The number of methoxy groups -OCH3 is 1. The highest BCUT2D eigenvalue weighted by Gasteiger charge is 2.46. The third-order valence-electron chi connectivity index (χ3n) is 4.32. The summed E-state index contributed by atoms with van der Waals surface area (Å²) in [7, 11) is 1.59. The molecule has 1 aliphatic heterocycles. The average Bonchev–Trinajstić information content (AvgIpc) is 2.85. The van der Waals surface area contributed by atoms with Crippen LogP contribution in [0.5, 0.6) is 5.75 Å². The second kappa shape index (κ2) is 6.53. The zero-order valence-corrected chi connectivity index (χ0v) is 14.1. The molecule has 1 unspecified atom stereocenters. The molecule has 0 bridgehead atoms. The van der Waals surface area contributed by atoms with Gasteiger partial charge in [0, 0.05) is 11.3 Å². The van der Waals surface area contributed by atoms with Gasteiger partial charge in [0.1, 0.15) is 5.75 Å². The Kier molecular flexibility index (Phi) is 4.42. The van der Waals surface area contributed by atoms with Gasteiger partial charge < -0.3 is 15.2 Å². The standard InChI is InChI=1S/C20H19NO4/c1-13-7-8-14(11-18(13)25-2)9-10-15(22)12-20(24)16-5-3-4-6-17(16)21-19(20)23/h3-11,24H,12H2,1-2H3,(H,21,23)/b10-9+. The molecule has 2 N–H and O–H groups in total. The van der Waals surface area contributed by atoms with Gasteiger partial charge in [-0.15, -0.1) is 0 Å². The van der Waals surface area contributed by atoms with Crippen molar-refractivity contribution in [3.63, 3.8) is 0 Å². The fourth-order valence-electron chi connectivity index (χ4n) is 2.92. The Morgan fingerprint density at radius 1 is 1.28 bits per heavy atom. The molecule has 0 saturated carbocycles. The number of rotatable bonds is 5. The van der Waals surface area contributed by atoms with E-state index in [-0.39, 0.29) is 12.2 Å². The fourth-order valence-corrected chi connectivity index (χ4v) is 2.92. The molecule has 0 saturated heterocycles. The maximum absolute atomic E-state index is 12.3. The average molecular weight is 337 g/mol. The largest absolute Gasteiger partial charge is 0.496 e. The summed E-state index contributed by atoms with van der Waals surface area (Å²) in [6.07, 6.45) is 2.71. The van der Waals surface area contributed by atoms with Crippen molar-refractivity contribution in [3.05, 3.63) is 65.2 Å². The molecule has 128 valence electrons. The molecule has 0 fully saturated rings. The zero-order chi connectivity index (χ0) is 18.0. The van der Waals surface area contributed by atoms with Crippen LogP contribution in [-0.2, 0) is 15.2 Å². The Bertz CT molecular complexity index is 872. The van der Waals surface area contributed by atoms with Gasteiger partial charge in [-0.1, -0.05) is 36.4 Å². The molecule has 2 aromatic rings. The number of amides is 1. The molecule has 0 aromatic heterocycles. The summed E-state index contributed by atoms with van der Waals surface area (Å²) >= 11 is 0. The van der Waals surface area contributed by atoms with Crippen molar-refractivity contribution >= 4 is 23.5 Å². The number of anilines is 1. The third-order valence-corrected chi connectivity index (χ3v) is 4.32. The molecule has 1 heterocycles. The summed E-state index contributed by atoms with van der Waals surface area (Å²) in [5.74, 6) is -0.182. The van der Waals surface area contributed by atoms with Gasteiger partial charge in [0.25, 0.3) is 5.91 Å². The summed E-state index contributed by atoms with van der Waals surface area (Å²) in [5.41, 5.74) is 0.940. The number of carbonyl (C=O) groups is 2. The van der Waals surface area contributed by atoms with Gasteiger partial charge in [0.2, 0.25) is 0 Å². The normalized spacial score (nSPS) is 18.9. The predicted molar refractivity (Wildman–Crippen MR) is 95.4 cm³/mol. The van der Waals surface area contributed by atoms with Gasteiger partial charge in [-0.25, -0.2) is 0 Å². The lowest BCUT2D eigenvalue weighted by molar-refractivity contribution is -0.138. The summed E-state index contributed by atoms with van der Waals surface area (Å²) in [4.78, 5) is 24.4. The quantitative estimate of drug-likeness (QED) is 0.823. The first-order valence-corrected chi connectivity index (χ1v) is 7.93. The molecule has 0 spiro atoms. The Morgan fingerprint density at radius 3 is 2.80 bits per heavy atom. The van der Waals surface area contributed by atoms with E-state index in [0.717, 1.165) is 16.9 Å². The number of ketones is 1. The van der Waals surface area contributed by atoms with Crippen LogP contribution in [0.2, 0.25) is 0 Å². The zero-order valence-electron chi connectivity index (χ0n) is 14.1. The first-order chi connectivity index (χ1) is 11.9. The van der Waals surface area contributed by atoms with Crippen molar-refractivity contribution in [2.24, 2.45) is 0 Å². The molecule has 1 aliphatic rings. The van der Waals surface area contributed by atoms with Crippen molar-refractivity contribution in [3.8, 4) is 5.75 Å². The molecule has 5 heteroatoms. The Balaban J connectivity index is 1.78. The van der Waals surface area contributed by atoms with Crippen molar-refractivity contribution in [1.82, 2.24) is 0 Å². The number of benzene rings is 2. The minimum absolute atomic E-state index is 0.310. The highest BCUT2D eigenvalue weighted by molar-refractivity contribution is 6.08. The van der Waals surface area contributed by atoms with E-state index in [2.05, 4.69) is 5.32 Å². The number of carbonyl (C=O) groups excluding carboxylic acids is 2. The van der Waals surface area contributed by atoms with E-state index >= 15 is 0 Å². The molecular weight excluding hydrogens is 318 g/mol. The van der Waals surface area contributed by atoms with Crippen molar-refractivity contribution in [2.75, 3.05) is 12.4 Å². The van der Waals surface area contributed by atoms with Crippen LogP contribution < -0.4 is 10.1 Å². The van der Waals surface area contributed by atoms with E-state index in [9.17, 15) is 14.7 Å². The van der Waals surface area contributed by atoms with Crippen LogP contribution in [0.4, 0.5) is 5.69 Å². The van der Waals surface area contributed by atoms with Gasteiger partial charge in [-0.2, -0.15) is 0 Å². The molecule has 0 aliphatic carbocycles. The maximum atomic E-state index is 12.3. The van der Waals surface area contributed by atoms with Crippen LogP contribution in [-0.4, -0.2) is 23.9 Å². The first kappa shape index (κ1) is 16.9. The smallest absolute Gasteiger partial charge is 0.261 e. The monoisotopic (exact) mass is 337 g/mol. The van der Waals surface area contributed by atoms with Crippen LogP contribution >= 0.6 is 0 Å². The number of fused-ring (bicyclic) bond motifs is 1. The van der Waals surface area contributed by atoms with E-state index in [0.29, 0.717) is 11.3 Å². The SMILES string of the molecule is COc1cc(/C=C/C(=O)CC2(O)C(=O)Nc3ccccc32)ccc1C. The van der Waals surface area contributed by atoms with Crippen LogP contribution in [0.3, 0.4) is 0 Å². The summed E-state index contributed by atoms with van der Waals surface area (Å²) in [6.45, 7) is 1.93. The summed E-state index contributed by atoms with van der Waals surface area (Å²) in [5, 5.41) is 13.3. The molecule has 5 nitrogen and oxygen atoms in total. The lowest BCUT2D eigenvalue weighted by Crippen LogP contribution is -2.36. The third kappa shape index (κ3) is 3.19. The number of aryl methyl sites for hydroxylation is 1. The van der Waals surface area contributed by atoms with E-state index < -0.39 is 11.5 Å². The highest BCUT2D eigenvalue weighted by atomic mass is 16.5. The van der Waals surface area contributed by atoms with E-state index in [1.165, 1.54) is 6.08 Å². The summed E-state index contributed by atoms with van der Waals surface area (Å²) < 4.78 is 5.26. The van der Waals surface area contributed by atoms with Gasteiger partial charge in [-0.3, -0.25) is 9.59 Å². The number of nitrogens with one attached hydrogen (secondary N) is 1. The van der Waals surface area contributed by atoms with Crippen molar-refractivity contribution in [2.45, 2.75) is 18.9 Å². The molecular formula is C20H19NO4. The highest BCUT2D eigenvalue weighted by Crippen LogP contribution is 2.38. The Morgan fingerprint density at radius 2 is 2.04 bits per heavy atom. The minimum Gasteiger partial charge on any atom is -0.496 e. The predicted octanol–water partition coefficient (Wildman–Crippen LogP) is 2.82. The Labute approximate surface area is 145 Å². The van der Waals surface area contributed by atoms with E-state index in [4.69, 9.17) is 4.74 Å². The molecule has 1 amide bonds. The maximum Gasteiger partial charge on any atom is 0.261 e.